The maximum absolute atomic E-state index is 10.8. The van der Waals surface area contributed by atoms with Crippen LogP contribution in [0.2, 0.25) is 0 Å². The van der Waals surface area contributed by atoms with Crippen LogP contribution in [0.1, 0.15) is 19.2 Å². The molecule has 0 fully saturated rings. The van der Waals surface area contributed by atoms with Crippen molar-refractivity contribution >= 4 is 5.78 Å². The highest BCUT2D eigenvalue weighted by Crippen LogP contribution is 2.14. The van der Waals surface area contributed by atoms with E-state index in [0.29, 0.717) is 24.6 Å². The fourth-order valence-electron chi connectivity index (χ4n) is 1.25. The molecule has 0 unspecified atom stereocenters. The number of rotatable bonds is 4. The summed E-state index contributed by atoms with van der Waals surface area (Å²) in [7, 11) is 0. The Kier molecular flexibility index (Phi) is 3.05. The second kappa shape index (κ2) is 4.65. The van der Waals surface area contributed by atoms with Crippen LogP contribution in [0.3, 0.4) is 0 Å². The first-order valence-corrected chi connectivity index (χ1v) is 4.98. The number of aromatic nitrogens is 3. The first-order valence-electron chi connectivity index (χ1n) is 4.98. The van der Waals surface area contributed by atoms with E-state index in [2.05, 4.69) is 15.1 Å². The van der Waals surface area contributed by atoms with E-state index in [1.54, 1.807) is 25.4 Å². The lowest BCUT2D eigenvalue weighted by Gasteiger charge is -1.90. The Morgan fingerprint density at radius 3 is 3.06 bits per heavy atom. The van der Waals surface area contributed by atoms with E-state index >= 15 is 0 Å². The maximum atomic E-state index is 10.8. The minimum Gasteiger partial charge on any atom is -0.339 e. The summed E-state index contributed by atoms with van der Waals surface area (Å²) in [6.07, 6.45) is 4.26. The van der Waals surface area contributed by atoms with E-state index in [1.165, 1.54) is 0 Å². The first kappa shape index (κ1) is 10.5. The van der Waals surface area contributed by atoms with Crippen LogP contribution in [0.4, 0.5) is 0 Å². The second-order valence-electron chi connectivity index (χ2n) is 3.46. The van der Waals surface area contributed by atoms with Gasteiger partial charge in [-0.2, -0.15) is 4.98 Å². The highest BCUT2D eigenvalue weighted by molar-refractivity contribution is 5.75. The van der Waals surface area contributed by atoms with E-state index in [1.807, 2.05) is 6.07 Å². The third-order valence-electron chi connectivity index (χ3n) is 2.08. The number of hydrogen-bond acceptors (Lipinski definition) is 5. The van der Waals surface area contributed by atoms with Gasteiger partial charge in [0.2, 0.25) is 11.7 Å². The molecule has 0 atom stereocenters. The summed E-state index contributed by atoms with van der Waals surface area (Å²) in [6, 6.07) is 3.66. The monoisotopic (exact) mass is 217 g/mol. The Bertz CT molecular complexity index is 479. The Labute approximate surface area is 92.5 Å². The Morgan fingerprint density at radius 2 is 2.38 bits per heavy atom. The third kappa shape index (κ3) is 2.50. The van der Waals surface area contributed by atoms with Crippen LogP contribution in [0, 0.1) is 0 Å². The van der Waals surface area contributed by atoms with Gasteiger partial charge in [0.05, 0.1) is 0 Å². The van der Waals surface area contributed by atoms with Crippen LogP contribution < -0.4 is 0 Å². The maximum Gasteiger partial charge on any atom is 0.227 e. The molecule has 5 nitrogen and oxygen atoms in total. The molecule has 0 aliphatic rings. The predicted molar refractivity (Wildman–Crippen MR) is 56.5 cm³/mol. The number of carbonyl (C=O) groups excluding carboxylic acids is 1. The standard InChI is InChI=1S/C11H11N3O2/c1-8(15)4-5-10-13-11(14-16-10)9-3-2-6-12-7-9/h2-3,6-7H,4-5H2,1H3. The topological polar surface area (TPSA) is 68.9 Å². The van der Waals surface area contributed by atoms with Crippen LogP contribution in [-0.2, 0) is 11.2 Å². The fraction of sp³-hybridized carbons (Fsp3) is 0.273. The number of pyridine rings is 1. The van der Waals surface area contributed by atoms with Crippen LogP contribution >= 0.6 is 0 Å². The van der Waals surface area contributed by atoms with Crippen molar-refractivity contribution in [2.45, 2.75) is 19.8 Å². The number of hydrogen-bond donors (Lipinski definition) is 0. The summed E-state index contributed by atoms with van der Waals surface area (Å²) < 4.78 is 5.03. The van der Waals surface area contributed by atoms with Crippen molar-refractivity contribution in [3.63, 3.8) is 0 Å². The van der Waals surface area contributed by atoms with Gasteiger partial charge in [0.15, 0.2) is 0 Å². The number of Topliss-reactive ketones (excluding diaryl/α,β-unsaturated/α-hetero) is 1. The number of carbonyl (C=O) groups is 1. The molecule has 5 heteroatoms. The average molecular weight is 217 g/mol. The van der Waals surface area contributed by atoms with Crippen LogP contribution in [0.5, 0.6) is 0 Å². The molecule has 82 valence electrons. The van der Waals surface area contributed by atoms with Gasteiger partial charge in [-0.25, -0.2) is 0 Å². The number of aryl methyl sites for hydroxylation is 1. The van der Waals surface area contributed by atoms with Gasteiger partial charge in [-0.05, 0) is 19.1 Å². The molecule has 0 aliphatic carbocycles. The zero-order chi connectivity index (χ0) is 11.4. The average Bonchev–Trinajstić information content (AvgIpc) is 2.76. The molecule has 0 aromatic carbocycles. The Hall–Kier alpha value is -2.04. The van der Waals surface area contributed by atoms with Crippen LogP contribution in [0.15, 0.2) is 29.0 Å². The molecule has 2 rings (SSSR count). The molecule has 2 aromatic rings. The molecular formula is C11H11N3O2. The normalized spacial score (nSPS) is 10.3. The molecule has 16 heavy (non-hydrogen) atoms. The lowest BCUT2D eigenvalue weighted by atomic mass is 10.2. The van der Waals surface area contributed by atoms with Crippen LogP contribution in [-0.4, -0.2) is 20.9 Å². The highest BCUT2D eigenvalue weighted by atomic mass is 16.5. The van der Waals surface area contributed by atoms with E-state index in [4.69, 9.17) is 4.52 Å². The largest absolute Gasteiger partial charge is 0.339 e. The zero-order valence-corrected chi connectivity index (χ0v) is 8.88. The highest BCUT2D eigenvalue weighted by Gasteiger charge is 2.08. The molecule has 0 N–H and O–H groups in total. The molecule has 0 radical (unpaired) electrons. The van der Waals surface area contributed by atoms with Gasteiger partial charge >= 0.3 is 0 Å². The van der Waals surface area contributed by atoms with E-state index in [-0.39, 0.29) is 5.78 Å². The van der Waals surface area contributed by atoms with Gasteiger partial charge in [-0.3, -0.25) is 4.98 Å². The fourth-order valence-corrected chi connectivity index (χ4v) is 1.25. The smallest absolute Gasteiger partial charge is 0.227 e. The van der Waals surface area contributed by atoms with E-state index < -0.39 is 0 Å². The first-order chi connectivity index (χ1) is 7.75. The van der Waals surface area contributed by atoms with Crippen molar-refractivity contribution in [2.24, 2.45) is 0 Å². The molecule has 2 aromatic heterocycles. The van der Waals surface area contributed by atoms with Gasteiger partial charge < -0.3 is 9.32 Å². The van der Waals surface area contributed by atoms with E-state index in [0.717, 1.165) is 5.56 Å². The van der Waals surface area contributed by atoms with Gasteiger partial charge in [-0.15, -0.1) is 0 Å². The third-order valence-corrected chi connectivity index (χ3v) is 2.08. The van der Waals surface area contributed by atoms with Gasteiger partial charge in [0, 0.05) is 30.8 Å². The summed E-state index contributed by atoms with van der Waals surface area (Å²) in [5.41, 5.74) is 0.806. The summed E-state index contributed by atoms with van der Waals surface area (Å²) in [4.78, 5) is 18.9. The summed E-state index contributed by atoms with van der Waals surface area (Å²) >= 11 is 0. The summed E-state index contributed by atoms with van der Waals surface area (Å²) in [5.74, 6) is 1.10. The van der Waals surface area contributed by atoms with Gasteiger partial charge in [-0.1, -0.05) is 5.16 Å². The summed E-state index contributed by atoms with van der Waals surface area (Å²) in [6.45, 7) is 1.54. The number of nitrogens with zero attached hydrogens (tertiary/aromatic N) is 3. The molecule has 0 saturated carbocycles. The van der Waals surface area contributed by atoms with Crippen molar-refractivity contribution in [3.8, 4) is 11.4 Å². The van der Waals surface area contributed by atoms with E-state index in [9.17, 15) is 4.79 Å². The Morgan fingerprint density at radius 1 is 1.50 bits per heavy atom. The lowest BCUT2D eigenvalue weighted by molar-refractivity contribution is -0.117. The molecular weight excluding hydrogens is 206 g/mol. The molecule has 0 saturated heterocycles. The SMILES string of the molecule is CC(=O)CCc1nc(-c2cccnc2)no1. The van der Waals surface area contributed by atoms with Crippen LogP contribution in [0.25, 0.3) is 11.4 Å². The van der Waals surface area contributed by atoms with Gasteiger partial charge in [0.25, 0.3) is 0 Å². The second-order valence-corrected chi connectivity index (χ2v) is 3.46. The van der Waals surface area contributed by atoms with Crippen molar-refractivity contribution in [2.75, 3.05) is 0 Å². The lowest BCUT2D eigenvalue weighted by Crippen LogP contribution is -1.94. The predicted octanol–water partition coefficient (Wildman–Crippen LogP) is 1.65. The molecule has 0 aliphatic heterocycles. The van der Waals surface area contributed by atoms with Crippen molar-refractivity contribution in [3.05, 3.63) is 30.4 Å². The van der Waals surface area contributed by atoms with Crippen molar-refractivity contribution < 1.29 is 9.32 Å². The Balaban J connectivity index is 2.11. The minimum atomic E-state index is 0.112. The number of ketones is 1. The molecule has 2 heterocycles. The quantitative estimate of drug-likeness (QED) is 0.778. The van der Waals surface area contributed by atoms with Crippen molar-refractivity contribution in [1.82, 2.24) is 15.1 Å². The molecule has 0 amide bonds. The van der Waals surface area contributed by atoms with Gasteiger partial charge in [0.1, 0.15) is 5.78 Å². The van der Waals surface area contributed by atoms with Crippen molar-refractivity contribution in [1.29, 1.82) is 0 Å². The summed E-state index contributed by atoms with van der Waals surface area (Å²) in [5, 5.41) is 3.83. The minimum absolute atomic E-state index is 0.112. The zero-order valence-electron chi connectivity index (χ0n) is 8.88. The molecule has 0 bridgehead atoms. The molecule has 0 spiro atoms.